The van der Waals surface area contributed by atoms with Gasteiger partial charge in [0.1, 0.15) is 5.75 Å². The molecule has 0 aliphatic heterocycles. The van der Waals surface area contributed by atoms with Crippen LogP contribution in [0.25, 0.3) is 10.1 Å². The second-order valence-corrected chi connectivity index (χ2v) is 5.37. The quantitative estimate of drug-likeness (QED) is 0.695. The first kappa shape index (κ1) is 15.4. The maximum atomic E-state index is 9.23. The molecule has 1 unspecified atom stereocenters. The van der Waals surface area contributed by atoms with Gasteiger partial charge in [-0.15, -0.1) is 0 Å². The van der Waals surface area contributed by atoms with E-state index in [1.165, 1.54) is 11.5 Å². The van der Waals surface area contributed by atoms with Gasteiger partial charge in [0.15, 0.2) is 0 Å². The van der Waals surface area contributed by atoms with Gasteiger partial charge in [-0.2, -0.15) is 4.37 Å². The highest BCUT2D eigenvalue weighted by molar-refractivity contribution is 7.13. The van der Waals surface area contributed by atoms with Gasteiger partial charge >= 0.3 is 0 Å². The highest BCUT2D eigenvalue weighted by Crippen LogP contribution is 2.25. The first-order valence-corrected chi connectivity index (χ1v) is 7.33. The number of aliphatic hydroxyl groups is 2. The molecule has 1 aromatic heterocycles. The summed E-state index contributed by atoms with van der Waals surface area (Å²) in [7, 11) is 0. The number of aromatic hydroxyl groups is 1. The third-order valence-electron chi connectivity index (χ3n) is 2.90. The van der Waals surface area contributed by atoms with Crippen molar-refractivity contribution in [1.82, 2.24) is 4.37 Å². The lowest BCUT2D eigenvalue weighted by molar-refractivity contribution is 0.0955. The van der Waals surface area contributed by atoms with Crippen LogP contribution in [0.1, 0.15) is 5.56 Å². The molecule has 3 N–H and O–H groups in total. The largest absolute Gasteiger partial charge is 0.507 e. The molecule has 0 bridgehead atoms. The molecule has 0 radical (unpaired) electrons. The van der Waals surface area contributed by atoms with Crippen LogP contribution in [-0.2, 0) is 6.42 Å². The van der Waals surface area contributed by atoms with Crippen LogP contribution >= 0.6 is 11.5 Å². The van der Waals surface area contributed by atoms with Crippen molar-refractivity contribution in [2.24, 2.45) is 0 Å². The van der Waals surface area contributed by atoms with Crippen molar-refractivity contribution in [3.63, 3.8) is 0 Å². The Kier molecular flexibility index (Phi) is 5.68. The van der Waals surface area contributed by atoms with E-state index in [2.05, 4.69) is 4.37 Å². The van der Waals surface area contributed by atoms with Gasteiger partial charge in [-0.25, -0.2) is 0 Å². The van der Waals surface area contributed by atoms with Gasteiger partial charge in [-0.05, 0) is 29.2 Å². The molecule has 0 fully saturated rings. The van der Waals surface area contributed by atoms with Gasteiger partial charge in [0.2, 0.25) is 0 Å². The van der Waals surface area contributed by atoms with Crippen LogP contribution in [0.15, 0.2) is 54.7 Å². The van der Waals surface area contributed by atoms with Gasteiger partial charge in [-0.1, -0.05) is 36.4 Å². The van der Waals surface area contributed by atoms with Crippen molar-refractivity contribution in [2.75, 3.05) is 6.61 Å². The average molecular weight is 303 g/mol. The molecule has 5 heteroatoms. The number of phenolic OH excluding ortho intramolecular Hbond substituents is 1. The summed E-state index contributed by atoms with van der Waals surface area (Å²) in [6, 6.07) is 15.0. The van der Waals surface area contributed by atoms with E-state index >= 15 is 0 Å². The molecule has 0 saturated carbocycles. The van der Waals surface area contributed by atoms with Crippen molar-refractivity contribution >= 4 is 21.6 Å². The molecule has 0 aliphatic rings. The number of nitrogens with zero attached hydrogens (tertiary/aromatic N) is 1. The summed E-state index contributed by atoms with van der Waals surface area (Å²) < 4.78 is 4.97. The fraction of sp³-hybridized carbons (Fsp3) is 0.188. The van der Waals surface area contributed by atoms with Crippen LogP contribution in [0.2, 0.25) is 0 Å². The zero-order valence-corrected chi connectivity index (χ0v) is 12.2. The van der Waals surface area contributed by atoms with Crippen LogP contribution in [0.4, 0.5) is 0 Å². The Balaban J connectivity index is 0.000000154. The molecule has 110 valence electrons. The van der Waals surface area contributed by atoms with Crippen molar-refractivity contribution in [3.8, 4) is 5.75 Å². The second-order valence-electron chi connectivity index (χ2n) is 4.54. The van der Waals surface area contributed by atoms with E-state index in [9.17, 15) is 5.11 Å². The molecule has 4 nitrogen and oxygen atoms in total. The number of fused-ring (bicyclic) bond motifs is 1. The first-order valence-electron chi connectivity index (χ1n) is 6.56. The smallest absolute Gasteiger partial charge is 0.125 e. The molecule has 2 aromatic carbocycles. The highest BCUT2D eigenvalue weighted by atomic mass is 32.1. The second kappa shape index (κ2) is 7.73. The van der Waals surface area contributed by atoms with Crippen LogP contribution in [-0.4, -0.2) is 32.4 Å². The van der Waals surface area contributed by atoms with E-state index < -0.39 is 6.10 Å². The Labute approximate surface area is 127 Å². The third-order valence-corrected chi connectivity index (χ3v) is 3.66. The topological polar surface area (TPSA) is 73.6 Å². The molecule has 21 heavy (non-hydrogen) atoms. The normalized spacial score (nSPS) is 11.7. The SMILES string of the molecule is OCC(O)Cc1ccccc1.Oc1cccc2sncc12. The van der Waals surface area contributed by atoms with E-state index in [0.29, 0.717) is 12.2 Å². The summed E-state index contributed by atoms with van der Waals surface area (Å²) in [6.07, 6.45) is 1.57. The monoisotopic (exact) mass is 303 g/mol. The van der Waals surface area contributed by atoms with Crippen molar-refractivity contribution in [2.45, 2.75) is 12.5 Å². The third kappa shape index (κ3) is 4.53. The standard InChI is InChI=1S/C9H12O2.C7H5NOS/c10-7-9(11)6-8-4-2-1-3-5-8;9-6-2-1-3-7-5(6)4-8-10-7/h1-5,9-11H,6-7H2;1-4,9H. The molecule has 0 aliphatic carbocycles. The Bertz CT molecular complexity index is 669. The van der Waals surface area contributed by atoms with E-state index in [0.717, 1.165) is 15.6 Å². The first-order chi connectivity index (χ1) is 10.2. The lowest BCUT2D eigenvalue weighted by atomic mass is 10.1. The number of aromatic nitrogens is 1. The number of phenols is 1. The van der Waals surface area contributed by atoms with Crippen molar-refractivity contribution in [3.05, 3.63) is 60.3 Å². The minimum absolute atomic E-state index is 0.172. The Hall–Kier alpha value is -1.95. The molecular formula is C16H17NO3S. The Morgan fingerprint density at radius 1 is 1.05 bits per heavy atom. The predicted molar refractivity (Wildman–Crippen MR) is 84.5 cm³/mol. The summed E-state index contributed by atoms with van der Waals surface area (Å²) in [5, 5.41) is 27.7. The number of rotatable bonds is 3. The van der Waals surface area contributed by atoms with E-state index in [1.807, 2.05) is 42.5 Å². The molecular weight excluding hydrogens is 286 g/mol. The summed E-state index contributed by atoms with van der Waals surface area (Å²) in [5.74, 6) is 0.311. The summed E-state index contributed by atoms with van der Waals surface area (Å²) >= 11 is 1.39. The molecule has 1 atom stereocenters. The van der Waals surface area contributed by atoms with Crippen LogP contribution in [0, 0.1) is 0 Å². The lowest BCUT2D eigenvalue weighted by Gasteiger charge is -2.05. The predicted octanol–water partition coefficient (Wildman–Crippen LogP) is 2.58. The maximum Gasteiger partial charge on any atom is 0.125 e. The van der Waals surface area contributed by atoms with Crippen LogP contribution < -0.4 is 0 Å². The summed E-state index contributed by atoms with van der Waals surface area (Å²) in [4.78, 5) is 0. The minimum Gasteiger partial charge on any atom is -0.507 e. The van der Waals surface area contributed by atoms with Crippen molar-refractivity contribution < 1.29 is 15.3 Å². The molecule has 0 saturated heterocycles. The van der Waals surface area contributed by atoms with Gasteiger partial charge < -0.3 is 15.3 Å². The van der Waals surface area contributed by atoms with Gasteiger partial charge in [0.05, 0.1) is 29.0 Å². The zero-order valence-electron chi connectivity index (χ0n) is 11.4. The number of hydrogen-bond acceptors (Lipinski definition) is 5. The van der Waals surface area contributed by atoms with E-state index in [-0.39, 0.29) is 6.61 Å². The fourth-order valence-corrected chi connectivity index (χ4v) is 2.50. The number of aliphatic hydroxyl groups excluding tert-OH is 2. The molecule has 3 aromatic rings. The van der Waals surface area contributed by atoms with Gasteiger partial charge in [0.25, 0.3) is 0 Å². The summed E-state index contributed by atoms with van der Waals surface area (Å²) in [6.45, 7) is -0.172. The minimum atomic E-state index is -0.627. The van der Waals surface area contributed by atoms with Crippen molar-refractivity contribution in [1.29, 1.82) is 0 Å². The molecule has 1 heterocycles. The van der Waals surface area contributed by atoms with Crippen LogP contribution in [0.3, 0.4) is 0 Å². The van der Waals surface area contributed by atoms with Gasteiger partial charge in [0, 0.05) is 6.42 Å². The van der Waals surface area contributed by atoms with E-state index in [1.54, 1.807) is 12.3 Å². The average Bonchev–Trinajstić information content (AvgIpc) is 2.99. The van der Waals surface area contributed by atoms with E-state index in [4.69, 9.17) is 10.2 Å². The number of benzene rings is 2. The lowest BCUT2D eigenvalue weighted by Crippen LogP contribution is -2.14. The summed E-state index contributed by atoms with van der Waals surface area (Å²) in [5.41, 5.74) is 1.05. The molecule has 0 amide bonds. The molecule has 3 rings (SSSR count). The Morgan fingerprint density at radius 3 is 2.48 bits per heavy atom. The van der Waals surface area contributed by atoms with Crippen LogP contribution in [0.5, 0.6) is 5.75 Å². The Morgan fingerprint density at radius 2 is 1.81 bits per heavy atom. The van der Waals surface area contributed by atoms with Gasteiger partial charge in [-0.3, -0.25) is 0 Å². The zero-order chi connectivity index (χ0) is 15.1. The number of hydrogen-bond donors (Lipinski definition) is 3. The molecule has 0 spiro atoms. The maximum absolute atomic E-state index is 9.23. The fourth-order valence-electron chi connectivity index (χ4n) is 1.83. The highest BCUT2D eigenvalue weighted by Gasteiger charge is 2.01.